The van der Waals surface area contributed by atoms with Crippen molar-refractivity contribution in [2.45, 2.75) is 5.37 Å². The quantitative estimate of drug-likeness (QED) is 0.607. The summed E-state index contributed by atoms with van der Waals surface area (Å²) in [6.45, 7) is 0. The molecule has 3 aromatic rings. The lowest BCUT2D eigenvalue weighted by atomic mass is 10.1. The molecule has 0 bridgehead atoms. The number of methoxy groups -OCH3 is 2. The van der Waals surface area contributed by atoms with Gasteiger partial charge in [-0.1, -0.05) is 42.5 Å². The Morgan fingerprint density at radius 2 is 1.58 bits per heavy atom. The highest BCUT2D eigenvalue weighted by molar-refractivity contribution is 8.00. The lowest BCUT2D eigenvalue weighted by molar-refractivity contribution is -0.115. The highest BCUT2D eigenvalue weighted by atomic mass is 32.2. The van der Waals surface area contributed by atoms with Crippen molar-refractivity contribution in [3.63, 3.8) is 0 Å². The van der Waals surface area contributed by atoms with Gasteiger partial charge in [0.25, 0.3) is 5.91 Å². The van der Waals surface area contributed by atoms with Gasteiger partial charge < -0.3 is 14.8 Å². The van der Waals surface area contributed by atoms with Crippen molar-refractivity contribution in [1.82, 2.24) is 0 Å². The van der Waals surface area contributed by atoms with Crippen LogP contribution in [0.4, 0.5) is 11.4 Å². The van der Waals surface area contributed by atoms with E-state index in [-0.39, 0.29) is 17.2 Å². The average Bonchev–Trinajstić information content (AvgIpc) is 3.20. The van der Waals surface area contributed by atoms with E-state index in [1.54, 1.807) is 30.2 Å². The summed E-state index contributed by atoms with van der Waals surface area (Å²) < 4.78 is 10.8. The average molecular weight is 435 g/mol. The second-order valence-corrected chi connectivity index (χ2v) is 7.91. The van der Waals surface area contributed by atoms with E-state index in [0.29, 0.717) is 34.2 Å². The van der Waals surface area contributed by atoms with Crippen molar-refractivity contribution in [2.24, 2.45) is 0 Å². The van der Waals surface area contributed by atoms with Gasteiger partial charge >= 0.3 is 0 Å². The van der Waals surface area contributed by atoms with E-state index in [9.17, 15) is 9.59 Å². The molecule has 0 spiro atoms. The van der Waals surface area contributed by atoms with Gasteiger partial charge in [-0.3, -0.25) is 14.5 Å². The number of carbonyl (C=O) groups is 2. The minimum Gasteiger partial charge on any atom is -0.496 e. The maximum Gasteiger partial charge on any atom is 0.259 e. The molecule has 3 aromatic carbocycles. The number of hydrogen-bond donors (Lipinski definition) is 1. The molecule has 1 fully saturated rings. The topological polar surface area (TPSA) is 67.9 Å². The first-order valence-corrected chi connectivity index (χ1v) is 10.8. The van der Waals surface area contributed by atoms with Crippen LogP contribution >= 0.6 is 11.8 Å². The van der Waals surface area contributed by atoms with Gasteiger partial charge in [0.2, 0.25) is 5.91 Å². The van der Waals surface area contributed by atoms with Gasteiger partial charge in [0.1, 0.15) is 16.9 Å². The number of ether oxygens (including phenoxy) is 2. The maximum absolute atomic E-state index is 13.0. The molecule has 158 valence electrons. The Bertz CT molecular complexity index is 1120. The smallest absolute Gasteiger partial charge is 0.259 e. The van der Waals surface area contributed by atoms with Crippen LogP contribution in [0.1, 0.15) is 21.3 Å². The minimum absolute atomic E-state index is 0.00893. The number of amides is 2. The molecule has 1 aliphatic heterocycles. The summed E-state index contributed by atoms with van der Waals surface area (Å²) in [5.41, 5.74) is 2.63. The van der Waals surface area contributed by atoms with Gasteiger partial charge in [0.15, 0.2) is 0 Å². The van der Waals surface area contributed by atoms with E-state index in [4.69, 9.17) is 9.47 Å². The lowest BCUT2D eigenvalue weighted by Crippen LogP contribution is -2.29. The molecule has 31 heavy (non-hydrogen) atoms. The number of nitrogens with one attached hydrogen (secondary N) is 1. The molecule has 1 saturated heterocycles. The number of benzene rings is 3. The fourth-order valence-corrected chi connectivity index (χ4v) is 4.80. The molecule has 1 aliphatic rings. The molecule has 1 atom stereocenters. The number of rotatable bonds is 6. The SMILES string of the molecule is COc1ccccc1C(=O)Nc1ccccc1[C@@H]1SCC(=O)N1c1ccccc1OC. The molecular formula is C24H22N2O4S. The first-order chi connectivity index (χ1) is 15.1. The summed E-state index contributed by atoms with van der Waals surface area (Å²) in [6, 6.07) is 22.0. The monoisotopic (exact) mass is 434 g/mol. The third-order valence-electron chi connectivity index (χ3n) is 5.04. The van der Waals surface area contributed by atoms with Crippen molar-refractivity contribution >= 4 is 35.0 Å². The maximum atomic E-state index is 13.0. The first kappa shape index (κ1) is 20.8. The zero-order valence-electron chi connectivity index (χ0n) is 17.2. The molecule has 0 saturated carbocycles. The van der Waals surface area contributed by atoms with Gasteiger partial charge in [-0.2, -0.15) is 0 Å². The lowest BCUT2D eigenvalue weighted by Gasteiger charge is -2.27. The molecule has 2 amide bonds. The molecular weight excluding hydrogens is 412 g/mol. The van der Waals surface area contributed by atoms with Crippen molar-refractivity contribution in [3.8, 4) is 11.5 Å². The second kappa shape index (κ2) is 9.14. The molecule has 7 heteroatoms. The van der Waals surface area contributed by atoms with Crippen LogP contribution in [-0.2, 0) is 4.79 Å². The minimum atomic E-state index is -0.294. The second-order valence-electron chi connectivity index (χ2n) is 6.84. The van der Waals surface area contributed by atoms with Crippen LogP contribution in [0.3, 0.4) is 0 Å². The van der Waals surface area contributed by atoms with Crippen LogP contribution in [0, 0.1) is 0 Å². The van der Waals surface area contributed by atoms with E-state index in [2.05, 4.69) is 5.32 Å². The Labute approximate surface area is 185 Å². The van der Waals surface area contributed by atoms with Crippen molar-refractivity contribution in [3.05, 3.63) is 83.9 Å². The highest BCUT2D eigenvalue weighted by Crippen LogP contribution is 2.46. The number of thioether (sulfide) groups is 1. The van der Waals surface area contributed by atoms with Crippen LogP contribution in [0.25, 0.3) is 0 Å². The van der Waals surface area contributed by atoms with Gasteiger partial charge in [-0.05, 0) is 30.3 Å². The normalized spacial score (nSPS) is 15.6. The van der Waals surface area contributed by atoms with Crippen LogP contribution < -0.4 is 19.7 Å². The van der Waals surface area contributed by atoms with Crippen LogP contribution in [0.5, 0.6) is 11.5 Å². The van der Waals surface area contributed by atoms with Crippen molar-refractivity contribution in [1.29, 1.82) is 0 Å². The third kappa shape index (κ3) is 4.09. The van der Waals surface area contributed by atoms with Crippen LogP contribution in [-0.4, -0.2) is 31.8 Å². The largest absolute Gasteiger partial charge is 0.496 e. The van der Waals surface area contributed by atoms with E-state index in [0.717, 1.165) is 5.56 Å². The first-order valence-electron chi connectivity index (χ1n) is 9.74. The predicted molar refractivity (Wildman–Crippen MR) is 123 cm³/mol. The number of para-hydroxylation sites is 4. The number of hydrogen-bond acceptors (Lipinski definition) is 5. The van der Waals surface area contributed by atoms with Crippen LogP contribution in [0.2, 0.25) is 0 Å². The van der Waals surface area contributed by atoms with Crippen molar-refractivity contribution < 1.29 is 19.1 Å². The molecule has 0 radical (unpaired) electrons. The van der Waals surface area contributed by atoms with E-state index in [1.807, 2.05) is 54.6 Å². The van der Waals surface area contributed by atoms with E-state index >= 15 is 0 Å². The Morgan fingerprint density at radius 1 is 0.935 bits per heavy atom. The van der Waals surface area contributed by atoms with Gasteiger partial charge in [-0.25, -0.2) is 0 Å². The Balaban J connectivity index is 1.69. The molecule has 1 N–H and O–H groups in total. The Morgan fingerprint density at radius 3 is 2.35 bits per heavy atom. The zero-order valence-corrected chi connectivity index (χ0v) is 18.0. The van der Waals surface area contributed by atoms with Gasteiger partial charge in [0.05, 0.1) is 31.2 Å². The summed E-state index contributed by atoms with van der Waals surface area (Å²) in [7, 11) is 3.12. The summed E-state index contributed by atoms with van der Waals surface area (Å²) in [5, 5.41) is 2.70. The predicted octanol–water partition coefficient (Wildman–Crippen LogP) is 4.73. The van der Waals surface area contributed by atoms with E-state index < -0.39 is 0 Å². The van der Waals surface area contributed by atoms with Gasteiger partial charge in [-0.15, -0.1) is 11.8 Å². The molecule has 0 aromatic heterocycles. The zero-order chi connectivity index (χ0) is 21.8. The molecule has 0 aliphatic carbocycles. The summed E-state index contributed by atoms with van der Waals surface area (Å²) >= 11 is 1.52. The van der Waals surface area contributed by atoms with Crippen molar-refractivity contribution in [2.75, 3.05) is 30.2 Å². The number of anilines is 2. The van der Waals surface area contributed by atoms with E-state index in [1.165, 1.54) is 18.9 Å². The highest BCUT2D eigenvalue weighted by Gasteiger charge is 2.36. The molecule has 6 nitrogen and oxygen atoms in total. The summed E-state index contributed by atoms with van der Waals surface area (Å²) in [5.74, 6) is 1.18. The number of carbonyl (C=O) groups excluding carboxylic acids is 2. The molecule has 1 heterocycles. The number of nitrogens with zero attached hydrogens (tertiary/aromatic N) is 1. The van der Waals surface area contributed by atoms with Crippen LogP contribution in [0.15, 0.2) is 72.8 Å². The molecule has 0 unspecified atom stereocenters. The summed E-state index contributed by atoms with van der Waals surface area (Å²) in [4.78, 5) is 27.5. The fraction of sp³-hybridized carbons (Fsp3) is 0.167. The standard InChI is InChI=1S/C24H22N2O4S/c1-29-20-13-7-4-10-17(20)23(28)25-18-11-5-3-9-16(18)24-26(22(27)15-31-24)19-12-6-8-14-21(19)30-2/h3-14,24H,15H2,1-2H3,(H,25,28)/t24-/m0/s1. The Kier molecular flexibility index (Phi) is 6.13. The summed E-state index contributed by atoms with van der Waals surface area (Å²) in [6.07, 6.45) is 0. The fourth-order valence-electron chi connectivity index (χ4n) is 3.59. The molecule has 4 rings (SSSR count). The third-order valence-corrected chi connectivity index (χ3v) is 6.23. The van der Waals surface area contributed by atoms with Gasteiger partial charge in [0, 0.05) is 11.3 Å². The Hall–Kier alpha value is -3.45.